The second kappa shape index (κ2) is 6.10. The molecule has 0 bridgehead atoms. The molecular formula is C21H18O3. The molecule has 120 valence electrons. The average molecular weight is 318 g/mol. The lowest BCUT2D eigenvalue weighted by atomic mass is 9.89. The van der Waals surface area contributed by atoms with Crippen LogP contribution < -0.4 is 0 Å². The number of Topliss-reactive ketones (excluding diaryl/α,β-unsaturated/α-hetero) is 1. The van der Waals surface area contributed by atoms with E-state index < -0.39 is 0 Å². The fourth-order valence-electron chi connectivity index (χ4n) is 3.30. The third-order valence-corrected chi connectivity index (χ3v) is 4.61. The SMILES string of the molecule is O=C1CCc2cc(-c3ccc(-c4ccccc4CO)o3)ccc2C1. The molecule has 0 spiro atoms. The van der Waals surface area contributed by atoms with Crippen molar-refractivity contribution in [1.82, 2.24) is 0 Å². The molecule has 3 heteroatoms. The van der Waals surface area contributed by atoms with Crippen molar-refractivity contribution in [3.63, 3.8) is 0 Å². The lowest BCUT2D eigenvalue weighted by Gasteiger charge is -2.15. The predicted molar refractivity (Wildman–Crippen MR) is 92.5 cm³/mol. The molecule has 0 amide bonds. The zero-order chi connectivity index (χ0) is 16.5. The van der Waals surface area contributed by atoms with Gasteiger partial charge in [0, 0.05) is 24.0 Å². The number of furan rings is 1. The molecule has 3 aromatic rings. The number of hydrogen-bond acceptors (Lipinski definition) is 3. The van der Waals surface area contributed by atoms with E-state index in [1.165, 1.54) is 5.56 Å². The van der Waals surface area contributed by atoms with Crippen molar-refractivity contribution < 1.29 is 14.3 Å². The molecule has 3 nitrogen and oxygen atoms in total. The molecule has 1 heterocycles. The van der Waals surface area contributed by atoms with Gasteiger partial charge < -0.3 is 9.52 Å². The highest BCUT2D eigenvalue weighted by Gasteiger charge is 2.17. The first-order chi connectivity index (χ1) is 11.7. The van der Waals surface area contributed by atoms with E-state index in [0.29, 0.717) is 18.6 Å². The van der Waals surface area contributed by atoms with Crippen molar-refractivity contribution in [2.75, 3.05) is 0 Å². The van der Waals surface area contributed by atoms with Crippen LogP contribution in [0.5, 0.6) is 0 Å². The Balaban J connectivity index is 1.69. The molecule has 0 aliphatic heterocycles. The second-order valence-electron chi connectivity index (χ2n) is 6.18. The first kappa shape index (κ1) is 14.9. The van der Waals surface area contributed by atoms with Crippen molar-refractivity contribution >= 4 is 5.78 Å². The number of aliphatic hydroxyl groups is 1. The fourth-order valence-corrected chi connectivity index (χ4v) is 3.30. The van der Waals surface area contributed by atoms with Gasteiger partial charge in [0.25, 0.3) is 0 Å². The van der Waals surface area contributed by atoms with Crippen molar-refractivity contribution in [1.29, 1.82) is 0 Å². The molecule has 0 unspecified atom stereocenters. The molecule has 0 saturated heterocycles. The summed E-state index contributed by atoms with van der Waals surface area (Å²) in [5.74, 6) is 1.87. The molecule has 0 fully saturated rings. The Morgan fingerprint density at radius 2 is 1.75 bits per heavy atom. The molecule has 0 radical (unpaired) electrons. The Hall–Kier alpha value is -2.65. The molecular weight excluding hydrogens is 300 g/mol. The minimum atomic E-state index is -0.0148. The Bertz CT molecular complexity index is 905. The summed E-state index contributed by atoms with van der Waals surface area (Å²) in [7, 11) is 0. The van der Waals surface area contributed by atoms with Crippen molar-refractivity contribution in [3.05, 3.63) is 71.3 Å². The minimum absolute atomic E-state index is 0.0148. The first-order valence-corrected chi connectivity index (χ1v) is 8.17. The van der Waals surface area contributed by atoms with Gasteiger partial charge in [0.15, 0.2) is 0 Å². The van der Waals surface area contributed by atoms with Crippen LogP contribution in [0.2, 0.25) is 0 Å². The highest BCUT2D eigenvalue weighted by atomic mass is 16.3. The number of ketones is 1. The van der Waals surface area contributed by atoms with Gasteiger partial charge >= 0.3 is 0 Å². The predicted octanol–water partition coefficient (Wildman–Crippen LogP) is 4.16. The quantitative estimate of drug-likeness (QED) is 0.789. The van der Waals surface area contributed by atoms with Crippen LogP contribution >= 0.6 is 0 Å². The molecule has 1 aliphatic carbocycles. The average Bonchev–Trinajstić information content (AvgIpc) is 3.11. The minimum Gasteiger partial charge on any atom is -0.456 e. The number of rotatable bonds is 3. The van der Waals surface area contributed by atoms with E-state index in [1.807, 2.05) is 48.5 Å². The largest absolute Gasteiger partial charge is 0.456 e. The summed E-state index contributed by atoms with van der Waals surface area (Å²) in [6.07, 6.45) is 1.98. The van der Waals surface area contributed by atoms with E-state index in [2.05, 4.69) is 6.07 Å². The molecule has 0 saturated carbocycles. The van der Waals surface area contributed by atoms with E-state index >= 15 is 0 Å². The molecule has 1 N–H and O–H groups in total. The van der Waals surface area contributed by atoms with Gasteiger partial charge in [-0.25, -0.2) is 0 Å². The summed E-state index contributed by atoms with van der Waals surface area (Å²) in [6.45, 7) is -0.0148. The van der Waals surface area contributed by atoms with Gasteiger partial charge in [-0.15, -0.1) is 0 Å². The summed E-state index contributed by atoms with van der Waals surface area (Å²) in [5, 5.41) is 9.49. The van der Waals surface area contributed by atoms with Crippen LogP contribution in [-0.4, -0.2) is 10.9 Å². The van der Waals surface area contributed by atoms with E-state index in [0.717, 1.165) is 40.2 Å². The Labute approximate surface area is 140 Å². The summed E-state index contributed by atoms with van der Waals surface area (Å²) >= 11 is 0. The normalized spacial score (nSPS) is 13.8. The first-order valence-electron chi connectivity index (χ1n) is 8.17. The van der Waals surface area contributed by atoms with E-state index in [-0.39, 0.29) is 6.61 Å². The van der Waals surface area contributed by atoms with E-state index in [4.69, 9.17) is 4.42 Å². The number of carbonyl (C=O) groups excluding carboxylic acids is 1. The second-order valence-corrected chi connectivity index (χ2v) is 6.18. The van der Waals surface area contributed by atoms with Crippen LogP contribution in [0, 0.1) is 0 Å². The Morgan fingerprint density at radius 3 is 2.62 bits per heavy atom. The summed E-state index contributed by atoms with van der Waals surface area (Å²) in [5.41, 5.74) is 5.15. The van der Waals surface area contributed by atoms with Crippen LogP contribution in [0.4, 0.5) is 0 Å². The van der Waals surface area contributed by atoms with Crippen LogP contribution in [-0.2, 0) is 24.2 Å². The zero-order valence-electron chi connectivity index (χ0n) is 13.3. The maximum Gasteiger partial charge on any atom is 0.137 e. The van der Waals surface area contributed by atoms with Gasteiger partial charge in [-0.05, 0) is 41.3 Å². The molecule has 0 atom stereocenters. The number of hydrogen-bond donors (Lipinski definition) is 1. The molecule has 1 aromatic heterocycles. The molecule has 1 aliphatic rings. The van der Waals surface area contributed by atoms with E-state index in [1.54, 1.807) is 0 Å². The van der Waals surface area contributed by atoms with Crippen molar-refractivity contribution in [3.8, 4) is 22.6 Å². The van der Waals surface area contributed by atoms with Gasteiger partial charge in [0.1, 0.15) is 17.3 Å². The topological polar surface area (TPSA) is 50.4 Å². The zero-order valence-corrected chi connectivity index (χ0v) is 13.3. The summed E-state index contributed by atoms with van der Waals surface area (Å²) in [6, 6.07) is 17.8. The lowest BCUT2D eigenvalue weighted by Crippen LogP contribution is -2.12. The number of benzene rings is 2. The summed E-state index contributed by atoms with van der Waals surface area (Å²) < 4.78 is 6.03. The molecule has 4 rings (SSSR count). The molecule has 2 aromatic carbocycles. The standard InChI is InChI=1S/C21H18O3/c22-13-17-3-1-2-4-19(17)21-10-9-20(24-21)16-6-5-15-12-18(23)8-7-14(15)11-16/h1-6,9-11,22H,7-8,12-13H2. The maximum absolute atomic E-state index is 11.6. The van der Waals surface area contributed by atoms with Gasteiger partial charge in [-0.3, -0.25) is 4.79 Å². The van der Waals surface area contributed by atoms with Crippen LogP contribution in [0.3, 0.4) is 0 Å². The van der Waals surface area contributed by atoms with Crippen molar-refractivity contribution in [2.24, 2.45) is 0 Å². The monoisotopic (exact) mass is 318 g/mol. The highest BCUT2D eigenvalue weighted by Crippen LogP contribution is 2.32. The van der Waals surface area contributed by atoms with Gasteiger partial charge in [-0.1, -0.05) is 36.4 Å². The van der Waals surface area contributed by atoms with Crippen molar-refractivity contribution in [2.45, 2.75) is 25.9 Å². The number of aliphatic hydroxyl groups excluding tert-OH is 1. The Morgan fingerprint density at radius 1 is 0.917 bits per heavy atom. The maximum atomic E-state index is 11.6. The third-order valence-electron chi connectivity index (χ3n) is 4.61. The smallest absolute Gasteiger partial charge is 0.137 e. The van der Waals surface area contributed by atoms with Gasteiger partial charge in [-0.2, -0.15) is 0 Å². The fraction of sp³-hybridized carbons (Fsp3) is 0.190. The third kappa shape index (κ3) is 2.68. The molecule has 24 heavy (non-hydrogen) atoms. The number of fused-ring (bicyclic) bond motifs is 1. The van der Waals surface area contributed by atoms with Crippen LogP contribution in [0.15, 0.2) is 59.0 Å². The van der Waals surface area contributed by atoms with Crippen LogP contribution in [0.25, 0.3) is 22.6 Å². The number of aryl methyl sites for hydroxylation is 1. The van der Waals surface area contributed by atoms with Gasteiger partial charge in [0.2, 0.25) is 0 Å². The Kier molecular flexibility index (Phi) is 3.79. The lowest BCUT2D eigenvalue weighted by molar-refractivity contribution is -0.118. The van der Waals surface area contributed by atoms with Crippen LogP contribution in [0.1, 0.15) is 23.1 Å². The van der Waals surface area contributed by atoms with E-state index in [9.17, 15) is 9.90 Å². The number of carbonyl (C=O) groups is 1. The summed E-state index contributed by atoms with van der Waals surface area (Å²) in [4.78, 5) is 11.6. The van der Waals surface area contributed by atoms with Gasteiger partial charge in [0.05, 0.1) is 6.61 Å². The highest BCUT2D eigenvalue weighted by molar-refractivity contribution is 5.83.